The summed E-state index contributed by atoms with van der Waals surface area (Å²) in [5, 5.41) is 5.00. The minimum atomic E-state index is 0.0130. The first kappa shape index (κ1) is 18.9. The third-order valence-corrected chi connectivity index (χ3v) is 5.87. The van der Waals surface area contributed by atoms with E-state index >= 15 is 0 Å². The van der Waals surface area contributed by atoms with Crippen LogP contribution in [0.3, 0.4) is 0 Å². The highest BCUT2D eigenvalue weighted by Gasteiger charge is 2.29. The van der Waals surface area contributed by atoms with E-state index in [1.807, 2.05) is 6.07 Å². The molecule has 0 amide bonds. The van der Waals surface area contributed by atoms with Gasteiger partial charge in [-0.05, 0) is 71.3 Å². The predicted octanol–water partition coefficient (Wildman–Crippen LogP) is 5.03. The summed E-state index contributed by atoms with van der Waals surface area (Å²) in [7, 11) is 3.48. The van der Waals surface area contributed by atoms with Gasteiger partial charge in [-0.3, -0.25) is 0 Å². The van der Waals surface area contributed by atoms with Crippen LogP contribution in [-0.4, -0.2) is 25.7 Å². The molecule has 4 heteroatoms. The van der Waals surface area contributed by atoms with Crippen molar-refractivity contribution in [3.63, 3.8) is 0 Å². The van der Waals surface area contributed by atoms with Crippen molar-refractivity contribution in [1.29, 1.82) is 0 Å². The molecule has 0 radical (unpaired) electrons. The molecule has 3 aromatic rings. The lowest BCUT2D eigenvalue weighted by atomic mass is 9.82. The average molecular weight is 379 g/mol. The summed E-state index contributed by atoms with van der Waals surface area (Å²) in [4.78, 5) is 3.68. The summed E-state index contributed by atoms with van der Waals surface area (Å²) < 4.78 is 11.1. The first-order chi connectivity index (χ1) is 13.3. The third-order valence-electron chi connectivity index (χ3n) is 5.87. The van der Waals surface area contributed by atoms with Crippen molar-refractivity contribution in [2.75, 3.05) is 20.8 Å². The number of hydrogen-bond donors (Lipinski definition) is 2. The van der Waals surface area contributed by atoms with Crippen molar-refractivity contribution < 1.29 is 9.47 Å². The van der Waals surface area contributed by atoms with Crippen LogP contribution in [0.4, 0.5) is 0 Å². The molecule has 0 aliphatic carbocycles. The first-order valence-corrected chi connectivity index (χ1v) is 9.94. The molecule has 1 atom stereocenters. The highest BCUT2D eigenvalue weighted by atomic mass is 16.5. The SMILES string of the molecule is COc1ccc2[nH]c3c(c2c1)CCNC3c1cc(C(C)(C)C)c(OC)cc1C. The molecular formula is C24H30N2O2. The topological polar surface area (TPSA) is 46.3 Å². The van der Waals surface area contributed by atoms with Gasteiger partial charge in [-0.2, -0.15) is 0 Å². The van der Waals surface area contributed by atoms with Crippen LogP contribution in [0.15, 0.2) is 30.3 Å². The summed E-state index contributed by atoms with van der Waals surface area (Å²) in [5.74, 6) is 1.87. The van der Waals surface area contributed by atoms with Crippen LogP contribution in [0.2, 0.25) is 0 Å². The molecule has 148 valence electrons. The molecule has 1 unspecified atom stereocenters. The van der Waals surface area contributed by atoms with E-state index in [0.717, 1.165) is 24.5 Å². The van der Waals surface area contributed by atoms with Crippen LogP contribution in [0.1, 0.15) is 54.8 Å². The molecular weight excluding hydrogens is 348 g/mol. The van der Waals surface area contributed by atoms with Gasteiger partial charge in [-0.25, -0.2) is 0 Å². The number of nitrogens with one attached hydrogen (secondary N) is 2. The van der Waals surface area contributed by atoms with Gasteiger partial charge >= 0.3 is 0 Å². The van der Waals surface area contributed by atoms with Crippen molar-refractivity contribution in [3.8, 4) is 11.5 Å². The Bertz CT molecular complexity index is 1030. The number of hydrogen-bond acceptors (Lipinski definition) is 3. The molecule has 28 heavy (non-hydrogen) atoms. The molecule has 4 rings (SSSR count). The smallest absolute Gasteiger partial charge is 0.122 e. The quantitative estimate of drug-likeness (QED) is 0.672. The third kappa shape index (κ3) is 3.06. The lowest BCUT2D eigenvalue weighted by Crippen LogP contribution is -2.31. The van der Waals surface area contributed by atoms with Crippen molar-refractivity contribution in [2.24, 2.45) is 0 Å². The van der Waals surface area contributed by atoms with Gasteiger partial charge in [0.15, 0.2) is 0 Å². The van der Waals surface area contributed by atoms with E-state index < -0.39 is 0 Å². The number of benzene rings is 2. The first-order valence-electron chi connectivity index (χ1n) is 9.94. The molecule has 0 bridgehead atoms. The second kappa shape index (κ2) is 6.85. The second-order valence-corrected chi connectivity index (χ2v) is 8.72. The molecule has 1 aromatic heterocycles. The number of aromatic nitrogens is 1. The highest BCUT2D eigenvalue weighted by molar-refractivity contribution is 5.86. The molecule has 0 fully saturated rings. The van der Waals surface area contributed by atoms with Gasteiger partial charge < -0.3 is 19.8 Å². The van der Waals surface area contributed by atoms with Crippen molar-refractivity contribution >= 4 is 10.9 Å². The number of fused-ring (bicyclic) bond motifs is 3. The van der Waals surface area contributed by atoms with E-state index in [1.54, 1.807) is 14.2 Å². The predicted molar refractivity (Wildman–Crippen MR) is 115 cm³/mol. The number of rotatable bonds is 3. The Hall–Kier alpha value is -2.46. The summed E-state index contributed by atoms with van der Waals surface area (Å²) in [6.45, 7) is 9.83. The fourth-order valence-electron chi connectivity index (χ4n) is 4.36. The largest absolute Gasteiger partial charge is 0.497 e. The summed E-state index contributed by atoms with van der Waals surface area (Å²) >= 11 is 0. The van der Waals surface area contributed by atoms with Crippen LogP contribution < -0.4 is 14.8 Å². The van der Waals surface area contributed by atoms with Crippen LogP contribution in [0, 0.1) is 6.92 Å². The molecule has 2 N–H and O–H groups in total. The zero-order chi connectivity index (χ0) is 20.1. The van der Waals surface area contributed by atoms with Gasteiger partial charge in [0.2, 0.25) is 0 Å². The maximum absolute atomic E-state index is 5.70. The van der Waals surface area contributed by atoms with Crippen LogP contribution in [-0.2, 0) is 11.8 Å². The minimum absolute atomic E-state index is 0.0130. The number of ether oxygens (including phenoxy) is 2. The van der Waals surface area contributed by atoms with E-state index in [0.29, 0.717) is 0 Å². The maximum atomic E-state index is 5.70. The number of H-pyrrole nitrogens is 1. The summed E-state index contributed by atoms with van der Waals surface area (Å²) in [6, 6.07) is 10.9. The molecule has 2 aromatic carbocycles. The van der Waals surface area contributed by atoms with Gasteiger partial charge in [-0.1, -0.05) is 20.8 Å². The molecule has 0 saturated heterocycles. The van der Waals surface area contributed by atoms with Crippen molar-refractivity contribution in [3.05, 3.63) is 58.3 Å². The van der Waals surface area contributed by atoms with Gasteiger partial charge in [0, 0.05) is 23.1 Å². The van der Waals surface area contributed by atoms with E-state index in [4.69, 9.17) is 9.47 Å². The Balaban J connectivity index is 1.88. The van der Waals surface area contributed by atoms with Gasteiger partial charge in [0.25, 0.3) is 0 Å². The monoisotopic (exact) mass is 378 g/mol. The average Bonchev–Trinajstić information content (AvgIpc) is 3.04. The second-order valence-electron chi connectivity index (χ2n) is 8.72. The Kier molecular flexibility index (Phi) is 4.62. The number of aryl methyl sites for hydroxylation is 1. The highest BCUT2D eigenvalue weighted by Crippen LogP contribution is 2.40. The Morgan fingerprint density at radius 1 is 1.04 bits per heavy atom. The number of methoxy groups -OCH3 is 2. The molecule has 2 heterocycles. The summed E-state index contributed by atoms with van der Waals surface area (Å²) in [5.41, 5.74) is 7.63. The van der Waals surface area contributed by atoms with Crippen LogP contribution >= 0.6 is 0 Å². The maximum Gasteiger partial charge on any atom is 0.122 e. The summed E-state index contributed by atoms with van der Waals surface area (Å²) in [6.07, 6.45) is 1.01. The molecule has 1 aliphatic rings. The molecule has 4 nitrogen and oxygen atoms in total. The fourth-order valence-corrected chi connectivity index (χ4v) is 4.36. The number of aromatic amines is 1. The Morgan fingerprint density at radius 3 is 2.50 bits per heavy atom. The van der Waals surface area contributed by atoms with Crippen LogP contribution in [0.5, 0.6) is 11.5 Å². The minimum Gasteiger partial charge on any atom is -0.497 e. The zero-order valence-electron chi connectivity index (χ0n) is 17.7. The van der Waals surface area contributed by atoms with Crippen LogP contribution in [0.25, 0.3) is 10.9 Å². The van der Waals surface area contributed by atoms with E-state index in [2.05, 4.69) is 62.3 Å². The van der Waals surface area contributed by atoms with Gasteiger partial charge in [0.1, 0.15) is 11.5 Å². The molecule has 1 aliphatic heterocycles. The van der Waals surface area contributed by atoms with Crippen molar-refractivity contribution in [2.45, 2.75) is 45.6 Å². The van der Waals surface area contributed by atoms with E-state index in [1.165, 1.54) is 38.9 Å². The zero-order valence-corrected chi connectivity index (χ0v) is 17.7. The molecule has 0 spiro atoms. The Labute approximate surface area is 167 Å². The molecule has 0 saturated carbocycles. The van der Waals surface area contributed by atoms with Gasteiger partial charge in [-0.15, -0.1) is 0 Å². The standard InChI is InChI=1S/C24H30N2O2/c1-14-11-21(28-6)19(24(2,3)4)13-17(14)22-23-16(9-10-25-22)18-12-15(27-5)7-8-20(18)26-23/h7-8,11-13,22,25-26H,9-10H2,1-6H3. The lowest BCUT2D eigenvalue weighted by molar-refractivity contribution is 0.396. The Morgan fingerprint density at radius 2 is 1.82 bits per heavy atom. The normalized spacial score (nSPS) is 16.9. The lowest BCUT2D eigenvalue weighted by Gasteiger charge is -2.29. The van der Waals surface area contributed by atoms with E-state index in [9.17, 15) is 0 Å². The fraction of sp³-hybridized carbons (Fsp3) is 0.417. The van der Waals surface area contributed by atoms with Gasteiger partial charge in [0.05, 0.1) is 20.3 Å². The van der Waals surface area contributed by atoms with E-state index in [-0.39, 0.29) is 11.5 Å². The van der Waals surface area contributed by atoms with Crippen molar-refractivity contribution in [1.82, 2.24) is 10.3 Å².